The molecule has 4 aliphatic rings. The van der Waals surface area contributed by atoms with E-state index >= 15 is 0 Å². The van der Waals surface area contributed by atoms with E-state index in [1.54, 1.807) is 30.6 Å². The number of pyridine rings is 2. The Balaban J connectivity index is 0.910. The van der Waals surface area contributed by atoms with Crippen LogP contribution in [0.1, 0.15) is 118 Å². The molecule has 0 radical (unpaired) electrons. The summed E-state index contributed by atoms with van der Waals surface area (Å²) in [6.07, 6.45) is 11.8. The van der Waals surface area contributed by atoms with Crippen molar-refractivity contribution in [1.29, 1.82) is 0 Å². The summed E-state index contributed by atoms with van der Waals surface area (Å²) in [5.41, 5.74) is 4.33. The third-order valence-corrected chi connectivity index (χ3v) is 16.3. The molecule has 0 bridgehead atoms. The van der Waals surface area contributed by atoms with Gasteiger partial charge in [0.15, 0.2) is 0 Å². The van der Waals surface area contributed by atoms with Gasteiger partial charge in [-0.3, -0.25) is 19.8 Å². The number of carbonyl (C=O) groups is 1. The molecule has 4 fully saturated rings. The number of ether oxygens (including phenoxy) is 2. The molecular formula is C50H62N8O7S. The summed E-state index contributed by atoms with van der Waals surface area (Å²) in [6.45, 7) is 15.0. The van der Waals surface area contributed by atoms with Crippen molar-refractivity contribution in [2.45, 2.75) is 109 Å². The van der Waals surface area contributed by atoms with E-state index in [9.17, 15) is 23.3 Å². The molecule has 5 aromatic rings. The van der Waals surface area contributed by atoms with Crippen molar-refractivity contribution in [2.75, 3.05) is 49.6 Å². The van der Waals surface area contributed by atoms with E-state index in [2.05, 4.69) is 86.8 Å². The van der Waals surface area contributed by atoms with Crippen molar-refractivity contribution in [1.82, 2.24) is 24.6 Å². The molecule has 66 heavy (non-hydrogen) atoms. The molecule has 0 unspecified atom stereocenters. The van der Waals surface area contributed by atoms with Crippen LogP contribution in [0, 0.1) is 33.8 Å². The molecule has 16 heteroatoms. The molecule has 1 amide bonds. The van der Waals surface area contributed by atoms with Crippen LogP contribution in [0.15, 0.2) is 78.0 Å². The first kappa shape index (κ1) is 45.6. The van der Waals surface area contributed by atoms with Crippen LogP contribution < -0.4 is 19.7 Å². The first-order valence-electron chi connectivity index (χ1n) is 23.5. The summed E-state index contributed by atoms with van der Waals surface area (Å²) in [4.78, 5) is 42.1. The van der Waals surface area contributed by atoms with Crippen LogP contribution in [0.25, 0.3) is 11.0 Å². The molecule has 2 aromatic carbocycles. The summed E-state index contributed by atoms with van der Waals surface area (Å²) >= 11 is 0. The van der Waals surface area contributed by atoms with Crippen molar-refractivity contribution < 1.29 is 27.6 Å². The number of morpholine rings is 1. The second kappa shape index (κ2) is 18.2. The lowest BCUT2D eigenvalue weighted by Crippen LogP contribution is -2.58. The van der Waals surface area contributed by atoms with Crippen molar-refractivity contribution in [2.24, 2.45) is 16.7 Å². The standard InChI is InChI=1S/C50H62N8O7S/c1-32(2)39-8-6-7-9-40(39)43-31-64-23-22-57(43)37-27-50(28-37)17-20-56(21-18-50)36-10-11-41(44(25-36)65-38-24-35-14-19-51-46(35)53-30-38)48(59)55-66(62,63)45-26-42(58(60)61)47(54-33(45)3)52-29-34-12-15-49(4,5)16-13-34/h6-11,14,19,24-26,30,32,34,37,43H,12-13,15-18,20-23,27-29,31H2,1-5H3,(H,51,53)(H,52,54)(H,55,59)/t43-/m1/s1. The minimum absolute atomic E-state index is 0.00152. The number of aromatic nitrogens is 3. The molecule has 2 saturated carbocycles. The lowest BCUT2D eigenvalue weighted by molar-refractivity contribution is -0.384. The normalized spacial score (nSPS) is 20.3. The van der Waals surface area contributed by atoms with Crippen LogP contribution in [-0.4, -0.2) is 84.5 Å². The number of aryl methyl sites for hydroxylation is 1. The van der Waals surface area contributed by atoms with E-state index in [1.807, 2.05) is 12.1 Å². The Kier molecular flexibility index (Phi) is 12.6. The molecule has 3 aromatic heterocycles. The van der Waals surface area contributed by atoms with Crippen molar-refractivity contribution in [3.05, 3.63) is 106 Å². The van der Waals surface area contributed by atoms with Gasteiger partial charge >= 0.3 is 5.69 Å². The number of aromatic amines is 1. The van der Waals surface area contributed by atoms with Crippen molar-refractivity contribution in [3.63, 3.8) is 0 Å². The average Bonchev–Trinajstić information content (AvgIpc) is 3.76. The maximum Gasteiger partial charge on any atom is 0.312 e. The van der Waals surface area contributed by atoms with Crippen LogP contribution in [-0.2, 0) is 14.8 Å². The summed E-state index contributed by atoms with van der Waals surface area (Å²) < 4.78 is 42.5. The van der Waals surface area contributed by atoms with Crippen molar-refractivity contribution >= 4 is 44.2 Å². The van der Waals surface area contributed by atoms with E-state index in [0.717, 1.165) is 94.7 Å². The third-order valence-electron chi connectivity index (χ3n) is 14.8. The number of carbonyl (C=O) groups excluding carboxylic acids is 1. The minimum Gasteiger partial charge on any atom is -0.455 e. The second-order valence-corrected chi connectivity index (χ2v) is 21.8. The van der Waals surface area contributed by atoms with E-state index in [-0.39, 0.29) is 39.7 Å². The highest BCUT2D eigenvalue weighted by Crippen LogP contribution is 2.53. The Morgan fingerprint density at radius 3 is 2.53 bits per heavy atom. The predicted octanol–water partition coefficient (Wildman–Crippen LogP) is 9.66. The predicted molar refractivity (Wildman–Crippen MR) is 255 cm³/mol. The van der Waals surface area contributed by atoms with Gasteiger partial charge in [0.25, 0.3) is 15.9 Å². The fourth-order valence-corrected chi connectivity index (χ4v) is 12.0. The molecule has 9 rings (SSSR count). The molecule has 2 saturated heterocycles. The Morgan fingerprint density at radius 1 is 1.03 bits per heavy atom. The zero-order valence-electron chi connectivity index (χ0n) is 38.6. The number of nitrogens with one attached hydrogen (secondary N) is 3. The highest BCUT2D eigenvalue weighted by molar-refractivity contribution is 7.90. The van der Waals surface area contributed by atoms with Gasteiger partial charge in [-0.15, -0.1) is 0 Å². The number of anilines is 2. The summed E-state index contributed by atoms with van der Waals surface area (Å²) in [5, 5.41) is 16.2. The van der Waals surface area contributed by atoms with Gasteiger partial charge in [-0.2, -0.15) is 0 Å². The zero-order valence-corrected chi connectivity index (χ0v) is 39.5. The van der Waals surface area contributed by atoms with Crippen LogP contribution in [0.5, 0.6) is 11.5 Å². The SMILES string of the molecule is Cc1nc(NCC2CCC(C)(C)CC2)c([N+](=O)[O-])cc1S(=O)(=O)NC(=O)c1ccc(N2CCC3(CC2)CC(N2CCOC[C@@H]2c2ccccc2C(C)C)C3)cc1Oc1cnc2[nH]ccc2c1. The van der Waals surface area contributed by atoms with E-state index in [1.165, 1.54) is 18.1 Å². The first-order valence-corrected chi connectivity index (χ1v) is 24.9. The number of fused-ring (bicyclic) bond motifs is 1. The topological polar surface area (TPSA) is 185 Å². The molecule has 15 nitrogen and oxygen atoms in total. The zero-order chi connectivity index (χ0) is 46.4. The molecule has 1 atom stereocenters. The second-order valence-electron chi connectivity index (χ2n) is 20.2. The van der Waals surface area contributed by atoms with E-state index < -0.39 is 31.4 Å². The number of hydrogen-bond acceptors (Lipinski definition) is 12. The van der Waals surface area contributed by atoms with Gasteiger partial charge in [0.1, 0.15) is 22.0 Å². The molecule has 3 N–H and O–H groups in total. The lowest BCUT2D eigenvalue weighted by Gasteiger charge is -2.57. The summed E-state index contributed by atoms with van der Waals surface area (Å²) in [6, 6.07) is 19.4. The number of nitro groups is 1. The maximum atomic E-state index is 14.1. The fraction of sp³-hybridized carbons (Fsp3) is 0.500. The van der Waals surface area contributed by atoms with Gasteiger partial charge in [-0.1, -0.05) is 52.0 Å². The van der Waals surface area contributed by atoms with Gasteiger partial charge in [-0.25, -0.2) is 23.1 Å². The molecule has 2 aliphatic carbocycles. The number of hydrogen-bond donors (Lipinski definition) is 3. The van der Waals surface area contributed by atoms with Gasteiger partial charge in [0, 0.05) is 61.6 Å². The van der Waals surface area contributed by atoms with Gasteiger partial charge in [0.05, 0.1) is 41.6 Å². The maximum absolute atomic E-state index is 14.1. The summed E-state index contributed by atoms with van der Waals surface area (Å²) in [5.74, 6) is 0.316. The highest BCUT2D eigenvalue weighted by Gasteiger charge is 2.50. The number of amides is 1. The number of H-pyrrole nitrogens is 1. The van der Waals surface area contributed by atoms with Crippen LogP contribution in [0.2, 0.25) is 0 Å². The van der Waals surface area contributed by atoms with Crippen LogP contribution in [0.3, 0.4) is 0 Å². The largest absolute Gasteiger partial charge is 0.455 e. The Morgan fingerprint density at radius 2 is 1.79 bits per heavy atom. The highest BCUT2D eigenvalue weighted by atomic mass is 32.2. The summed E-state index contributed by atoms with van der Waals surface area (Å²) in [7, 11) is -4.64. The van der Waals surface area contributed by atoms with Crippen LogP contribution >= 0.6 is 0 Å². The minimum atomic E-state index is -4.64. The van der Waals surface area contributed by atoms with E-state index in [0.29, 0.717) is 42.4 Å². The first-order chi connectivity index (χ1) is 31.6. The number of nitrogens with zero attached hydrogens (tertiary/aromatic N) is 5. The number of benzene rings is 2. The Labute approximate surface area is 387 Å². The smallest absolute Gasteiger partial charge is 0.312 e. The third kappa shape index (κ3) is 9.50. The van der Waals surface area contributed by atoms with E-state index in [4.69, 9.17) is 9.47 Å². The molecule has 350 valence electrons. The monoisotopic (exact) mass is 918 g/mol. The number of rotatable bonds is 13. The Bertz CT molecular complexity index is 2710. The molecule has 5 heterocycles. The number of sulfonamides is 1. The fourth-order valence-electron chi connectivity index (χ4n) is 10.8. The molecule has 1 spiro atoms. The van der Waals surface area contributed by atoms with Crippen molar-refractivity contribution in [3.8, 4) is 11.5 Å². The molecule has 2 aliphatic heterocycles. The lowest BCUT2D eigenvalue weighted by atomic mass is 9.59. The van der Waals surface area contributed by atoms with Gasteiger partial charge in [0.2, 0.25) is 5.82 Å². The quantitative estimate of drug-likeness (QED) is 0.0752. The average molecular weight is 919 g/mol. The molecular weight excluding hydrogens is 857 g/mol. The van der Waals surface area contributed by atoms with Gasteiger partial charge in [-0.05, 0) is 116 Å². The number of piperidine rings is 1. The van der Waals surface area contributed by atoms with Gasteiger partial charge < -0.3 is 24.7 Å². The van der Waals surface area contributed by atoms with Crippen LogP contribution in [0.4, 0.5) is 17.2 Å². The Hall–Kier alpha value is -5.58.